The van der Waals surface area contributed by atoms with Crippen LogP contribution >= 0.6 is 0 Å². The molecule has 0 aliphatic carbocycles. The molecule has 0 aromatic carbocycles. The van der Waals surface area contributed by atoms with E-state index in [0.717, 1.165) is 13.0 Å². The summed E-state index contributed by atoms with van der Waals surface area (Å²) in [5.74, 6) is 0. The Kier molecular flexibility index (Phi) is 12.1. The summed E-state index contributed by atoms with van der Waals surface area (Å²) in [6.07, 6.45) is 0.741. The smallest absolute Gasteiger partial charge is 0.209 e. The third-order valence-electron chi connectivity index (χ3n) is 1.34. The number of rotatable bonds is 4. The highest BCUT2D eigenvalue weighted by Gasteiger charge is 1.87. The van der Waals surface area contributed by atoms with Gasteiger partial charge in [-0.15, -0.1) is 0 Å². The lowest BCUT2D eigenvalue weighted by molar-refractivity contribution is -0.116. The molecular formula is C8H19NO3. The van der Waals surface area contributed by atoms with Crippen molar-refractivity contribution in [3.05, 3.63) is 0 Å². The first-order chi connectivity index (χ1) is 5.62. The van der Waals surface area contributed by atoms with Crippen molar-refractivity contribution in [2.75, 3.05) is 27.8 Å². The molecule has 0 aromatic heterocycles. The van der Waals surface area contributed by atoms with Gasteiger partial charge in [0.05, 0.1) is 0 Å². The summed E-state index contributed by atoms with van der Waals surface area (Å²) in [7, 11) is 4.95. The lowest BCUT2D eigenvalue weighted by Crippen LogP contribution is -2.13. The fourth-order valence-corrected chi connectivity index (χ4v) is 0.171. The number of nitrogens with zero attached hydrogens (tertiary/aromatic N) is 1. The molecule has 0 saturated carbocycles. The summed E-state index contributed by atoms with van der Waals surface area (Å²) in [4.78, 5) is 11.2. The molecule has 74 valence electrons. The lowest BCUT2D eigenvalue weighted by atomic mass is 10.7. The molecule has 0 aromatic rings. The second-order valence-electron chi connectivity index (χ2n) is 2.22. The van der Waals surface area contributed by atoms with Crippen molar-refractivity contribution >= 4 is 6.41 Å². The normalized spacial score (nSPS) is 8.83. The Hall–Kier alpha value is -0.610. The van der Waals surface area contributed by atoms with Crippen molar-refractivity contribution in [2.24, 2.45) is 0 Å². The molecule has 0 bridgehead atoms. The van der Waals surface area contributed by atoms with Gasteiger partial charge in [0, 0.05) is 27.8 Å². The van der Waals surface area contributed by atoms with Gasteiger partial charge in [-0.2, -0.15) is 0 Å². The van der Waals surface area contributed by atoms with Crippen LogP contribution in [0, 0.1) is 0 Å². The van der Waals surface area contributed by atoms with Crippen LogP contribution in [0.3, 0.4) is 0 Å². The quantitative estimate of drug-likeness (QED) is 0.469. The SMILES string of the molecule is CCN(C)C=O.COC(C)OC. The first-order valence-corrected chi connectivity index (χ1v) is 3.83. The van der Waals surface area contributed by atoms with Crippen LogP contribution in [0.15, 0.2) is 0 Å². The monoisotopic (exact) mass is 177 g/mol. The summed E-state index contributed by atoms with van der Waals surface area (Å²) < 4.78 is 9.35. The largest absolute Gasteiger partial charge is 0.356 e. The van der Waals surface area contributed by atoms with Gasteiger partial charge in [0.25, 0.3) is 0 Å². The minimum atomic E-state index is -0.0648. The van der Waals surface area contributed by atoms with Crippen LogP contribution in [-0.4, -0.2) is 45.4 Å². The van der Waals surface area contributed by atoms with Gasteiger partial charge in [0.1, 0.15) is 0 Å². The van der Waals surface area contributed by atoms with Crippen LogP contribution in [0.1, 0.15) is 13.8 Å². The molecule has 0 fully saturated rings. The van der Waals surface area contributed by atoms with Crippen LogP contribution in [0.4, 0.5) is 0 Å². The van der Waals surface area contributed by atoms with E-state index in [1.165, 1.54) is 0 Å². The highest BCUT2D eigenvalue weighted by molar-refractivity contribution is 5.45. The first kappa shape index (κ1) is 13.9. The van der Waals surface area contributed by atoms with E-state index in [4.69, 9.17) is 0 Å². The summed E-state index contributed by atoms with van der Waals surface area (Å²) in [6, 6.07) is 0. The van der Waals surface area contributed by atoms with E-state index in [1.54, 1.807) is 26.2 Å². The van der Waals surface area contributed by atoms with Crippen molar-refractivity contribution < 1.29 is 14.3 Å². The second-order valence-corrected chi connectivity index (χ2v) is 2.22. The van der Waals surface area contributed by atoms with E-state index >= 15 is 0 Å². The van der Waals surface area contributed by atoms with Crippen molar-refractivity contribution in [1.82, 2.24) is 4.90 Å². The molecule has 4 heteroatoms. The molecule has 0 rings (SSSR count). The Labute approximate surface area is 74.4 Å². The number of hydrogen-bond acceptors (Lipinski definition) is 3. The van der Waals surface area contributed by atoms with E-state index in [1.807, 2.05) is 13.8 Å². The molecule has 0 radical (unpaired) electrons. The van der Waals surface area contributed by atoms with E-state index in [9.17, 15) is 4.79 Å². The number of ether oxygens (including phenoxy) is 2. The molecule has 4 nitrogen and oxygen atoms in total. The number of hydrogen-bond donors (Lipinski definition) is 0. The van der Waals surface area contributed by atoms with Gasteiger partial charge in [-0.05, 0) is 13.8 Å². The van der Waals surface area contributed by atoms with Crippen molar-refractivity contribution in [3.63, 3.8) is 0 Å². The zero-order valence-corrected chi connectivity index (χ0v) is 8.53. The van der Waals surface area contributed by atoms with E-state index in [-0.39, 0.29) is 6.29 Å². The Morgan fingerprint density at radius 1 is 1.42 bits per heavy atom. The first-order valence-electron chi connectivity index (χ1n) is 3.83. The second kappa shape index (κ2) is 10.4. The van der Waals surface area contributed by atoms with Gasteiger partial charge in [-0.3, -0.25) is 4.79 Å². The third kappa shape index (κ3) is 12.1. The van der Waals surface area contributed by atoms with Gasteiger partial charge in [0.15, 0.2) is 6.29 Å². The number of methoxy groups -OCH3 is 2. The van der Waals surface area contributed by atoms with Gasteiger partial charge >= 0.3 is 0 Å². The van der Waals surface area contributed by atoms with Crippen LogP contribution in [0.5, 0.6) is 0 Å². The fourth-order valence-electron chi connectivity index (χ4n) is 0.171. The minimum Gasteiger partial charge on any atom is -0.356 e. The molecular weight excluding hydrogens is 158 g/mol. The van der Waals surface area contributed by atoms with Gasteiger partial charge in [0.2, 0.25) is 6.41 Å². The molecule has 0 unspecified atom stereocenters. The van der Waals surface area contributed by atoms with E-state index < -0.39 is 0 Å². The summed E-state index contributed by atoms with van der Waals surface area (Å²) in [5.41, 5.74) is 0. The number of amides is 1. The van der Waals surface area contributed by atoms with E-state index in [2.05, 4.69) is 9.47 Å². The highest BCUT2D eigenvalue weighted by atomic mass is 16.7. The fraction of sp³-hybridized carbons (Fsp3) is 0.875. The van der Waals surface area contributed by atoms with E-state index in [0.29, 0.717) is 0 Å². The van der Waals surface area contributed by atoms with Crippen molar-refractivity contribution in [1.29, 1.82) is 0 Å². The Morgan fingerprint density at radius 3 is 1.83 bits per heavy atom. The summed E-state index contributed by atoms with van der Waals surface area (Å²) >= 11 is 0. The van der Waals surface area contributed by atoms with Crippen molar-refractivity contribution in [3.8, 4) is 0 Å². The molecule has 0 N–H and O–H groups in total. The molecule has 0 aliphatic heterocycles. The molecule has 0 heterocycles. The maximum Gasteiger partial charge on any atom is 0.209 e. The molecule has 0 spiro atoms. The molecule has 0 saturated heterocycles. The summed E-state index contributed by atoms with van der Waals surface area (Å²) in [6.45, 7) is 4.55. The molecule has 0 aliphatic rings. The maximum absolute atomic E-state index is 9.66. The van der Waals surface area contributed by atoms with Crippen LogP contribution < -0.4 is 0 Å². The van der Waals surface area contributed by atoms with Crippen LogP contribution in [0.25, 0.3) is 0 Å². The average Bonchev–Trinajstić information content (AvgIpc) is 2.16. The number of carbonyl (C=O) groups is 1. The van der Waals surface area contributed by atoms with Crippen LogP contribution in [-0.2, 0) is 14.3 Å². The lowest BCUT2D eigenvalue weighted by Gasteiger charge is -2.03. The Morgan fingerprint density at radius 2 is 1.83 bits per heavy atom. The van der Waals surface area contributed by atoms with Crippen LogP contribution in [0.2, 0.25) is 0 Å². The molecule has 12 heavy (non-hydrogen) atoms. The summed E-state index contributed by atoms with van der Waals surface area (Å²) in [5, 5.41) is 0. The zero-order chi connectivity index (χ0) is 9.98. The third-order valence-corrected chi connectivity index (χ3v) is 1.34. The van der Waals surface area contributed by atoms with Crippen molar-refractivity contribution in [2.45, 2.75) is 20.1 Å². The van der Waals surface area contributed by atoms with Gasteiger partial charge in [-0.25, -0.2) is 0 Å². The predicted molar refractivity (Wildman–Crippen MR) is 47.8 cm³/mol. The maximum atomic E-state index is 9.66. The Bertz CT molecular complexity index is 94.3. The molecule has 1 amide bonds. The topological polar surface area (TPSA) is 38.8 Å². The highest BCUT2D eigenvalue weighted by Crippen LogP contribution is 1.82. The standard InChI is InChI=1S/C4H9NO.C4H10O2/c1-3-5(2)4-6;1-4(5-2)6-3/h4H,3H2,1-2H3;4H,1-3H3. The van der Waals surface area contributed by atoms with Gasteiger partial charge < -0.3 is 14.4 Å². The van der Waals surface area contributed by atoms with Gasteiger partial charge in [-0.1, -0.05) is 0 Å². The number of carbonyl (C=O) groups excluding carboxylic acids is 1. The predicted octanol–water partition coefficient (Wildman–Crippen LogP) is 0.720. The average molecular weight is 177 g/mol. The minimum absolute atomic E-state index is 0.0648. The zero-order valence-electron chi connectivity index (χ0n) is 8.53. The Balaban J connectivity index is 0. The molecule has 0 atom stereocenters.